The predicted molar refractivity (Wildman–Crippen MR) is 165 cm³/mol. The van der Waals surface area contributed by atoms with Gasteiger partial charge in [0, 0.05) is 22.2 Å². The summed E-state index contributed by atoms with van der Waals surface area (Å²) in [6.45, 7) is 4.06. The Labute approximate surface area is 237 Å². The minimum atomic E-state index is -0.0750. The molecule has 0 saturated heterocycles. The number of fused-ring (bicyclic) bond motifs is 1. The van der Waals surface area contributed by atoms with E-state index in [1.165, 1.54) is 11.8 Å². The zero-order valence-corrected chi connectivity index (χ0v) is 23.1. The van der Waals surface area contributed by atoms with Gasteiger partial charge in [-0.05, 0) is 43.2 Å². The molecule has 40 heavy (non-hydrogen) atoms. The van der Waals surface area contributed by atoms with Crippen molar-refractivity contribution in [2.75, 3.05) is 11.1 Å². The lowest BCUT2D eigenvalue weighted by Gasteiger charge is -2.11. The molecule has 196 valence electrons. The van der Waals surface area contributed by atoms with Crippen molar-refractivity contribution in [2.45, 2.75) is 18.9 Å². The van der Waals surface area contributed by atoms with E-state index in [9.17, 15) is 4.79 Å². The molecule has 0 radical (unpaired) electrons. The van der Waals surface area contributed by atoms with Crippen molar-refractivity contribution >= 4 is 34.3 Å². The van der Waals surface area contributed by atoms with E-state index in [1.807, 2.05) is 92.7 Å². The molecule has 0 aliphatic carbocycles. The summed E-state index contributed by atoms with van der Waals surface area (Å²) >= 11 is 1.42. The highest BCUT2D eigenvalue weighted by molar-refractivity contribution is 8.00. The van der Waals surface area contributed by atoms with E-state index >= 15 is 0 Å². The number of amides is 1. The molecule has 0 fully saturated rings. The van der Waals surface area contributed by atoms with Crippen LogP contribution in [0.2, 0.25) is 0 Å². The quantitative estimate of drug-likeness (QED) is 0.200. The van der Waals surface area contributed by atoms with Crippen LogP contribution in [0, 0.1) is 13.8 Å². The minimum absolute atomic E-state index is 0.0750. The van der Waals surface area contributed by atoms with Crippen LogP contribution in [0.1, 0.15) is 11.1 Å². The fraction of sp³-hybridized carbons (Fsp3) is 0.0882. The molecule has 2 heterocycles. The zero-order chi connectivity index (χ0) is 27.5. The first-order valence-electron chi connectivity index (χ1n) is 13.2. The Morgan fingerprint density at radius 3 is 2.27 bits per heavy atom. The largest absolute Gasteiger partial charge is 0.337 e. The van der Waals surface area contributed by atoms with Gasteiger partial charge >= 0.3 is 0 Å². The van der Waals surface area contributed by atoms with Gasteiger partial charge in [0.1, 0.15) is 10.9 Å². The van der Waals surface area contributed by atoms with Gasteiger partial charge in [0.25, 0.3) is 0 Å². The standard InChI is InChI=1S/C34H28N4OS/c1-22-12-11-19-28(23(22)2)35-30(39)21-40-34-27(20-26-17-9-10-18-29(26)36-34)33-37-31(24-13-5-3-6-14-24)32(38-33)25-15-7-4-8-16-25/h3-20H,21H2,1-2H3,(H,35,39)(H,37,38). The molecular weight excluding hydrogens is 512 g/mol. The number of nitrogens with zero attached hydrogens (tertiary/aromatic N) is 2. The van der Waals surface area contributed by atoms with Gasteiger partial charge in [-0.15, -0.1) is 0 Å². The first-order chi connectivity index (χ1) is 19.6. The van der Waals surface area contributed by atoms with Crippen molar-refractivity contribution in [2.24, 2.45) is 0 Å². The molecule has 1 amide bonds. The third kappa shape index (κ3) is 5.26. The second-order valence-electron chi connectivity index (χ2n) is 9.66. The highest BCUT2D eigenvalue weighted by Gasteiger charge is 2.19. The number of benzene rings is 4. The number of aromatic amines is 1. The summed E-state index contributed by atoms with van der Waals surface area (Å²) in [6, 6.07) is 36.5. The minimum Gasteiger partial charge on any atom is -0.337 e. The number of nitrogens with one attached hydrogen (secondary N) is 2. The molecule has 0 spiro atoms. The number of pyridine rings is 1. The number of carbonyl (C=O) groups is 1. The van der Waals surface area contributed by atoms with Crippen LogP contribution in [0.15, 0.2) is 114 Å². The molecule has 0 saturated carbocycles. The van der Waals surface area contributed by atoms with Crippen LogP contribution >= 0.6 is 11.8 Å². The maximum atomic E-state index is 13.0. The van der Waals surface area contributed by atoms with Crippen molar-refractivity contribution in [3.05, 3.63) is 120 Å². The monoisotopic (exact) mass is 540 g/mol. The number of rotatable bonds is 7. The number of para-hydroxylation sites is 1. The van der Waals surface area contributed by atoms with E-state index in [-0.39, 0.29) is 11.7 Å². The van der Waals surface area contributed by atoms with E-state index < -0.39 is 0 Å². The van der Waals surface area contributed by atoms with Crippen LogP contribution in [0.5, 0.6) is 0 Å². The lowest BCUT2D eigenvalue weighted by Crippen LogP contribution is -2.15. The van der Waals surface area contributed by atoms with E-state index in [0.29, 0.717) is 5.82 Å². The molecule has 6 aromatic rings. The summed E-state index contributed by atoms with van der Waals surface area (Å²) in [7, 11) is 0. The van der Waals surface area contributed by atoms with Gasteiger partial charge in [-0.3, -0.25) is 4.79 Å². The predicted octanol–water partition coefficient (Wildman–Crippen LogP) is 8.31. The first-order valence-corrected chi connectivity index (χ1v) is 14.2. The summed E-state index contributed by atoms with van der Waals surface area (Å²) in [5, 5.41) is 4.83. The Morgan fingerprint density at radius 2 is 1.50 bits per heavy atom. The van der Waals surface area contributed by atoms with E-state index in [4.69, 9.17) is 9.97 Å². The third-order valence-electron chi connectivity index (χ3n) is 6.98. The number of carbonyl (C=O) groups excluding carboxylic acids is 1. The van der Waals surface area contributed by atoms with Gasteiger partial charge in [0.2, 0.25) is 5.91 Å². The second kappa shape index (κ2) is 11.2. The van der Waals surface area contributed by atoms with E-state index in [0.717, 1.165) is 60.8 Å². The summed E-state index contributed by atoms with van der Waals surface area (Å²) in [4.78, 5) is 26.7. The van der Waals surface area contributed by atoms with Gasteiger partial charge in [-0.25, -0.2) is 9.97 Å². The molecule has 0 bridgehead atoms. The van der Waals surface area contributed by atoms with Crippen molar-refractivity contribution in [3.63, 3.8) is 0 Å². The molecular formula is C34H28N4OS. The zero-order valence-electron chi connectivity index (χ0n) is 22.3. The number of thioether (sulfide) groups is 1. The van der Waals surface area contributed by atoms with Gasteiger partial charge < -0.3 is 10.3 Å². The third-order valence-corrected chi connectivity index (χ3v) is 7.97. The number of aromatic nitrogens is 3. The lowest BCUT2D eigenvalue weighted by molar-refractivity contribution is -0.113. The van der Waals surface area contributed by atoms with Crippen LogP contribution in [-0.4, -0.2) is 26.6 Å². The highest BCUT2D eigenvalue weighted by atomic mass is 32.2. The van der Waals surface area contributed by atoms with Crippen LogP contribution in [0.4, 0.5) is 5.69 Å². The smallest absolute Gasteiger partial charge is 0.234 e. The Morgan fingerprint density at radius 1 is 0.800 bits per heavy atom. The average Bonchev–Trinajstić information content (AvgIpc) is 3.44. The maximum absolute atomic E-state index is 13.0. The first kappa shape index (κ1) is 25.6. The average molecular weight is 541 g/mol. The normalized spacial score (nSPS) is 11.1. The molecule has 6 heteroatoms. The Balaban J connectivity index is 1.39. The lowest BCUT2D eigenvalue weighted by atomic mass is 10.1. The van der Waals surface area contributed by atoms with Crippen molar-refractivity contribution < 1.29 is 4.79 Å². The van der Waals surface area contributed by atoms with Gasteiger partial charge in [0.15, 0.2) is 0 Å². The van der Waals surface area contributed by atoms with E-state index in [1.54, 1.807) is 0 Å². The maximum Gasteiger partial charge on any atom is 0.234 e. The molecule has 6 rings (SSSR count). The SMILES string of the molecule is Cc1cccc(NC(=O)CSc2nc3ccccc3cc2-c2nc(-c3ccccc3)c(-c3ccccc3)[nH]2)c1C. The molecule has 2 aromatic heterocycles. The molecule has 2 N–H and O–H groups in total. The Kier molecular flexibility index (Phi) is 7.17. The number of hydrogen-bond acceptors (Lipinski definition) is 4. The van der Waals surface area contributed by atoms with Gasteiger partial charge in [0.05, 0.1) is 28.2 Å². The molecule has 4 aromatic carbocycles. The summed E-state index contributed by atoms with van der Waals surface area (Å²) in [5.74, 6) is 0.867. The molecule has 5 nitrogen and oxygen atoms in total. The second-order valence-corrected chi connectivity index (χ2v) is 10.6. The Hall–Kier alpha value is -4.68. The molecule has 0 aliphatic heterocycles. The van der Waals surface area contributed by atoms with Crippen LogP contribution in [-0.2, 0) is 4.79 Å². The van der Waals surface area contributed by atoms with Crippen LogP contribution in [0.25, 0.3) is 44.8 Å². The molecule has 0 aliphatic rings. The fourth-order valence-corrected chi connectivity index (χ4v) is 5.52. The van der Waals surface area contributed by atoms with Crippen LogP contribution in [0.3, 0.4) is 0 Å². The number of anilines is 1. The Bertz CT molecular complexity index is 1760. The topological polar surface area (TPSA) is 70.7 Å². The fourth-order valence-electron chi connectivity index (χ4n) is 4.70. The van der Waals surface area contributed by atoms with Crippen molar-refractivity contribution in [1.29, 1.82) is 0 Å². The number of imidazole rings is 1. The number of hydrogen-bond donors (Lipinski definition) is 2. The van der Waals surface area contributed by atoms with E-state index in [2.05, 4.69) is 40.6 Å². The molecule has 0 atom stereocenters. The van der Waals surface area contributed by atoms with Gasteiger partial charge in [-0.2, -0.15) is 0 Å². The van der Waals surface area contributed by atoms with Crippen molar-refractivity contribution in [3.8, 4) is 33.9 Å². The number of aryl methyl sites for hydroxylation is 1. The summed E-state index contributed by atoms with van der Waals surface area (Å²) < 4.78 is 0. The van der Waals surface area contributed by atoms with Crippen molar-refractivity contribution in [1.82, 2.24) is 15.0 Å². The summed E-state index contributed by atoms with van der Waals surface area (Å²) in [5.41, 5.74) is 8.69. The van der Waals surface area contributed by atoms with Crippen LogP contribution < -0.4 is 5.32 Å². The summed E-state index contributed by atoms with van der Waals surface area (Å²) in [6.07, 6.45) is 0. The highest BCUT2D eigenvalue weighted by Crippen LogP contribution is 2.37. The van der Waals surface area contributed by atoms with Gasteiger partial charge in [-0.1, -0.05) is 103 Å². The number of H-pyrrole nitrogens is 1. The molecule has 0 unspecified atom stereocenters.